The Morgan fingerprint density at radius 3 is 2.53 bits per heavy atom. The number of aliphatic hydroxyl groups excluding tert-OH is 1. The highest BCUT2D eigenvalue weighted by Crippen LogP contribution is 2.72. The first-order chi connectivity index (χ1) is 14.1. The zero-order valence-electron chi connectivity index (χ0n) is 20.0. The molecule has 5 aliphatic rings. The van der Waals surface area contributed by atoms with Gasteiger partial charge in [-0.05, 0) is 79.4 Å². The molecule has 4 saturated carbocycles. The fraction of sp³-hybridized carbons (Fsp3) is 0.963. The SMILES string of the molecule is CC(C)CCC[C@@H](C)[C@H]1CC[C@H]2[C@@H]3CC(=O)[C@]45O[C@H]4[C@H](O)CC[C@]5(C)[C@H]3CC[C@]12C. The van der Waals surface area contributed by atoms with Gasteiger partial charge in [-0.1, -0.05) is 53.9 Å². The van der Waals surface area contributed by atoms with Crippen LogP contribution < -0.4 is 0 Å². The summed E-state index contributed by atoms with van der Waals surface area (Å²) >= 11 is 0. The van der Waals surface area contributed by atoms with E-state index in [1.807, 2.05) is 0 Å². The minimum Gasteiger partial charge on any atom is -0.390 e. The van der Waals surface area contributed by atoms with Gasteiger partial charge in [0.05, 0.1) is 6.10 Å². The maximum atomic E-state index is 13.5. The molecule has 0 unspecified atom stereocenters. The lowest BCUT2D eigenvalue weighted by Gasteiger charge is -2.59. The summed E-state index contributed by atoms with van der Waals surface area (Å²) in [6, 6.07) is 0. The lowest BCUT2D eigenvalue weighted by atomic mass is 9.44. The number of hydrogen-bond acceptors (Lipinski definition) is 3. The minimum atomic E-state index is -0.637. The van der Waals surface area contributed by atoms with Gasteiger partial charge in [-0.3, -0.25) is 4.79 Å². The Morgan fingerprint density at radius 1 is 1.03 bits per heavy atom. The van der Waals surface area contributed by atoms with Gasteiger partial charge in [0.15, 0.2) is 11.4 Å². The van der Waals surface area contributed by atoms with Gasteiger partial charge in [-0.2, -0.15) is 0 Å². The summed E-state index contributed by atoms with van der Waals surface area (Å²) in [6.45, 7) is 12.1. The molecule has 0 bridgehead atoms. The summed E-state index contributed by atoms with van der Waals surface area (Å²) in [6.07, 6.45) is 11.2. The number of fused-ring (bicyclic) bond motifs is 4. The summed E-state index contributed by atoms with van der Waals surface area (Å²) in [5, 5.41) is 10.4. The molecule has 0 aromatic carbocycles. The summed E-state index contributed by atoms with van der Waals surface area (Å²) in [5.41, 5.74) is -0.279. The molecule has 0 radical (unpaired) electrons. The Bertz CT molecular complexity index is 702. The van der Waals surface area contributed by atoms with Gasteiger partial charge in [0.1, 0.15) is 6.10 Å². The first kappa shape index (κ1) is 21.4. The van der Waals surface area contributed by atoms with Crippen molar-refractivity contribution in [3.8, 4) is 0 Å². The molecule has 1 spiro atoms. The molecule has 0 amide bonds. The maximum absolute atomic E-state index is 13.5. The number of epoxide rings is 1. The highest BCUT2D eigenvalue weighted by atomic mass is 16.6. The molecule has 1 saturated heterocycles. The number of ketones is 1. The molecule has 1 heterocycles. The normalized spacial score (nSPS) is 53.0. The Kier molecular flexibility index (Phi) is 5.03. The Morgan fingerprint density at radius 2 is 1.80 bits per heavy atom. The fourth-order valence-electron chi connectivity index (χ4n) is 9.52. The topological polar surface area (TPSA) is 49.8 Å². The fourth-order valence-corrected chi connectivity index (χ4v) is 9.52. The van der Waals surface area contributed by atoms with Crippen molar-refractivity contribution in [2.75, 3.05) is 0 Å². The van der Waals surface area contributed by atoms with Crippen LogP contribution in [0.25, 0.3) is 0 Å². The van der Waals surface area contributed by atoms with Crippen LogP contribution >= 0.6 is 0 Å². The molecule has 1 aliphatic heterocycles. The van der Waals surface area contributed by atoms with E-state index in [0.717, 1.165) is 30.6 Å². The predicted molar refractivity (Wildman–Crippen MR) is 119 cm³/mol. The standard InChI is InChI=1S/C27H44O3/c1-16(2)7-6-8-17(3)19-9-10-20-18-15-23(29)27-24(30-27)22(28)12-14-26(27,5)21(18)11-13-25(19,20)4/h16-22,24,28H,6-15H2,1-5H3/t17-,18+,19-,20+,21+,22-,24+,25-,26-,27+/m1/s1. The Hall–Kier alpha value is -0.410. The minimum absolute atomic E-state index is 0.0564. The molecule has 0 aromatic rings. The van der Waals surface area contributed by atoms with E-state index >= 15 is 0 Å². The monoisotopic (exact) mass is 416 g/mol. The maximum Gasteiger partial charge on any atom is 0.168 e. The van der Waals surface area contributed by atoms with Crippen LogP contribution in [0.15, 0.2) is 0 Å². The van der Waals surface area contributed by atoms with E-state index in [1.54, 1.807) is 0 Å². The van der Waals surface area contributed by atoms with Crippen LogP contribution in [-0.4, -0.2) is 28.7 Å². The first-order valence-electron chi connectivity index (χ1n) is 13.0. The van der Waals surface area contributed by atoms with Crippen molar-refractivity contribution >= 4 is 5.78 Å². The highest BCUT2D eigenvalue weighted by molar-refractivity contribution is 5.93. The summed E-state index contributed by atoms with van der Waals surface area (Å²) in [4.78, 5) is 13.5. The molecular weight excluding hydrogens is 372 g/mol. The van der Waals surface area contributed by atoms with Crippen LogP contribution in [0.4, 0.5) is 0 Å². The highest BCUT2D eigenvalue weighted by Gasteiger charge is 2.80. The van der Waals surface area contributed by atoms with Crippen molar-refractivity contribution in [3.05, 3.63) is 0 Å². The van der Waals surface area contributed by atoms with Crippen LogP contribution in [0.3, 0.4) is 0 Å². The molecule has 10 atom stereocenters. The molecular formula is C27H44O3. The number of carbonyl (C=O) groups is 1. The van der Waals surface area contributed by atoms with Gasteiger partial charge in [0, 0.05) is 11.8 Å². The van der Waals surface area contributed by atoms with Crippen molar-refractivity contribution in [2.45, 2.75) is 117 Å². The average molecular weight is 417 g/mol. The second kappa shape index (κ2) is 7.04. The van der Waals surface area contributed by atoms with Gasteiger partial charge >= 0.3 is 0 Å². The van der Waals surface area contributed by atoms with Gasteiger partial charge < -0.3 is 9.84 Å². The number of rotatable bonds is 5. The summed E-state index contributed by atoms with van der Waals surface area (Å²) < 4.78 is 6.11. The van der Waals surface area contributed by atoms with Crippen LogP contribution in [0, 0.1) is 46.3 Å². The van der Waals surface area contributed by atoms with Crippen LogP contribution in [0.1, 0.15) is 98.8 Å². The third-order valence-electron chi connectivity index (χ3n) is 11.1. The number of carbonyl (C=O) groups excluding carboxylic acids is 1. The van der Waals surface area contributed by atoms with Crippen LogP contribution in [0.2, 0.25) is 0 Å². The van der Waals surface area contributed by atoms with Gasteiger partial charge in [0.2, 0.25) is 0 Å². The van der Waals surface area contributed by atoms with Crippen LogP contribution in [0.5, 0.6) is 0 Å². The van der Waals surface area contributed by atoms with Crippen LogP contribution in [-0.2, 0) is 9.53 Å². The van der Waals surface area contributed by atoms with E-state index in [4.69, 9.17) is 4.74 Å². The first-order valence-corrected chi connectivity index (χ1v) is 13.0. The van der Waals surface area contributed by atoms with Crippen molar-refractivity contribution in [3.63, 3.8) is 0 Å². The molecule has 4 aliphatic carbocycles. The zero-order chi connectivity index (χ0) is 21.5. The quantitative estimate of drug-likeness (QED) is 0.578. The lowest BCUT2D eigenvalue weighted by Crippen LogP contribution is -2.62. The molecule has 3 heteroatoms. The molecule has 170 valence electrons. The van der Waals surface area contributed by atoms with Crippen molar-refractivity contribution in [2.24, 2.45) is 46.3 Å². The van der Waals surface area contributed by atoms with Crippen molar-refractivity contribution in [1.82, 2.24) is 0 Å². The zero-order valence-corrected chi connectivity index (χ0v) is 20.0. The Labute approximate surface area is 183 Å². The largest absolute Gasteiger partial charge is 0.390 e. The van der Waals surface area contributed by atoms with E-state index < -0.39 is 11.7 Å². The molecule has 5 rings (SSSR count). The van der Waals surface area contributed by atoms with E-state index in [9.17, 15) is 9.90 Å². The van der Waals surface area contributed by atoms with E-state index in [-0.39, 0.29) is 11.5 Å². The number of Topliss-reactive ketones (excluding diaryl/α,β-unsaturated/α-hetero) is 1. The third kappa shape index (κ3) is 2.73. The van der Waals surface area contributed by atoms with Gasteiger partial charge in [-0.25, -0.2) is 0 Å². The number of hydrogen-bond donors (Lipinski definition) is 1. The molecule has 0 aromatic heterocycles. The van der Waals surface area contributed by atoms with E-state index in [0.29, 0.717) is 35.4 Å². The molecule has 1 N–H and O–H groups in total. The molecule has 30 heavy (non-hydrogen) atoms. The number of aliphatic hydroxyl groups is 1. The number of ether oxygens (including phenoxy) is 1. The second-order valence-electron chi connectivity index (χ2n) is 12.8. The van der Waals surface area contributed by atoms with Gasteiger partial charge in [-0.15, -0.1) is 0 Å². The molecule has 5 fully saturated rings. The van der Waals surface area contributed by atoms with Crippen molar-refractivity contribution < 1.29 is 14.6 Å². The lowest BCUT2D eigenvalue weighted by molar-refractivity contribution is -0.157. The Balaban J connectivity index is 1.36. The predicted octanol–water partition coefficient (Wildman–Crippen LogP) is 5.78. The smallest absolute Gasteiger partial charge is 0.168 e. The summed E-state index contributed by atoms with van der Waals surface area (Å²) in [7, 11) is 0. The summed E-state index contributed by atoms with van der Waals surface area (Å²) in [5.74, 6) is 4.61. The molecule has 3 nitrogen and oxygen atoms in total. The third-order valence-corrected chi connectivity index (χ3v) is 11.1. The second-order valence-corrected chi connectivity index (χ2v) is 12.8. The van der Waals surface area contributed by atoms with E-state index in [1.165, 1.54) is 44.9 Å². The van der Waals surface area contributed by atoms with E-state index in [2.05, 4.69) is 34.6 Å². The van der Waals surface area contributed by atoms with Gasteiger partial charge in [0.25, 0.3) is 0 Å². The van der Waals surface area contributed by atoms with Crippen molar-refractivity contribution in [1.29, 1.82) is 0 Å². The average Bonchev–Trinajstić information content (AvgIpc) is 3.36.